The van der Waals surface area contributed by atoms with Crippen LogP contribution < -0.4 is 5.32 Å². The zero-order valence-electron chi connectivity index (χ0n) is 6.91. The highest BCUT2D eigenvalue weighted by Crippen LogP contribution is 2.08. The molecule has 0 aromatic rings. The molecular formula is C7H13NO4. The predicted molar refractivity (Wildman–Crippen MR) is 40.9 cm³/mol. The maximum Gasteiger partial charge on any atom is 0.334 e. The molecule has 2 atom stereocenters. The lowest BCUT2D eigenvalue weighted by atomic mass is 10.1. The Morgan fingerprint density at radius 1 is 1.75 bits per heavy atom. The normalized spacial score (nSPS) is 37.3. The number of β-amino-alcohol motifs (C(OH)–C–C–N with tert-alkyl or cyclic N) is 1. The van der Waals surface area contributed by atoms with Crippen LogP contribution in [0.5, 0.6) is 0 Å². The summed E-state index contributed by atoms with van der Waals surface area (Å²) in [7, 11) is 0. The Bertz CT molecular complexity index is 180. The second-order valence-corrected chi connectivity index (χ2v) is 3.27. The van der Waals surface area contributed by atoms with Gasteiger partial charge < -0.3 is 20.3 Å². The fourth-order valence-corrected chi connectivity index (χ4v) is 1.02. The standard InChI is InChI=1S/C7H13NO4/c1-7(11)3-8-2-5(6(9)10)12-4-7/h5,8,11H,2-4H2,1H3,(H,9,10)/t5-,7+/m0/s1. The summed E-state index contributed by atoms with van der Waals surface area (Å²) >= 11 is 0. The minimum absolute atomic E-state index is 0.0525. The summed E-state index contributed by atoms with van der Waals surface area (Å²) < 4.78 is 4.97. The van der Waals surface area contributed by atoms with Crippen molar-refractivity contribution < 1.29 is 19.7 Å². The molecule has 1 aliphatic heterocycles. The van der Waals surface area contributed by atoms with Crippen molar-refractivity contribution in [3.8, 4) is 0 Å². The van der Waals surface area contributed by atoms with Crippen LogP contribution in [-0.4, -0.2) is 47.6 Å². The van der Waals surface area contributed by atoms with E-state index in [0.717, 1.165) is 0 Å². The van der Waals surface area contributed by atoms with E-state index in [1.54, 1.807) is 6.92 Å². The first kappa shape index (κ1) is 9.44. The first-order valence-electron chi connectivity index (χ1n) is 3.79. The minimum Gasteiger partial charge on any atom is -0.479 e. The Balaban J connectivity index is 2.50. The van der Waals surface area contributed by atoms with Gasteiger partial charge in [-0.25, -0.2) is 4.79 Å². The van der Waals surface area contributed by atoms with Crippen molar-refractivity contribution in [2.24, 2.45) is 0 Å². The average Bonchev–Trinajstić information content (AvgIpc) is 2.10. The summed E-state index contributed by atoms with van der Waals surface area (Å²) in [5, 5.41) is 20.9. The maximum atomic E-state index is 10.5. The highest BCUT2D eigenvalue weighted by molar-refractivity contribution is 5.72. The second-order valence-electron chi connectivity index (χ2n) is 3.27. The van der Waals surface area contributed by atoms with Gasteiger partial charge >= 0.3 is 5.97 Å². The quantitative estimate of drug-likeness (QED) is 0.467. The van der Waals surface area contributed by atoms with Crippen molar-refractivity contribution in [1.82, 2.24) is 5.32 Å². The van der Waals surface area contributed by atoms with Crippen LogP contribution >= 0.6 is 0 Å². The van der Waals surface area contributed by atoms with Gasteiger partial charge in [-0.2, -0.15) is 0 Å². The number of hydrogen-bond acceptors (Lipinski definition) is 4. The van der Waals surface area contributed by atoms with E-state index in [1.165, 1.54) is 0 Å². The highest BCUT2D eigenvalue weighted by Gasteiger charge is 2.29. The Hall–Kier alpha value is -0.650. The molecule has 0 aromatic heterocycles. The molecule has 0 aliphatic carbocycles. The van der Waals surface area contributed by atoms with Crippen LogP contribution in [0.15, 0.2) is 0 Å². The lowest BCUT2D eigenvalue weighted by Crippen LogP contribution is -2.39. The van der Waals surface area contributed by atoms with Crippen LogP contribution in [0.3, 0.4) is 0 Å². The smallest absolute Gasteiger partial charge is 0.334 e. The molecule has 1 aliphatic rings. The molecule has 0 amide bonds. The SMILES string of the molecule is C[C@@]1(O)CNC[C@@H](C(=O)O)OC1. The number of aliphatic hydroxyl groups is 1. The van der Waals surface area contributed by atoms with Crippen LogP contribution in [0.25, 0.3) is 0 Å². The van der Waals surface area contributed by atoms with Crippen molar-refractivity contribution in [1.29, 1.82) is 0 Å². The van der Waals surface area contributed by atoms with Gasteiger partial charge in [-0.05, 0) is 6.92 Å². The van der Waals surface area contributed by atoms with Gasteiger partial charge in [-0.15, -0.1) is 0 Å². The van der Waals surface area contributed by atoms with Crippen molar-refractivity contribution >= 4 is 5.97 Å². The Morgan fingerprint density at radius 2 is 2.42 bits per heavy atom. The van der Waals surface area contributed by atoms with Crippen LogP contribution in [0.4, 0.5) is 0 Å². The van der Waals surface area contributed by atoms with Crippen molar-refractivity contribution in [2.75, 3.05) is 19.7 Å². The van der Waals surface area contributed by atoms with Crippen molar-refractivity contribution in [2.45, 2.75) is 18.6 Å². The lowest BCUT2D eigenvalue weighted by Gasteiger charge is -2.19. The number of aliphatic carboxylic acids is 1. The largest absolute Gasteiger partial charge is 0.479 e. The molecule has 1 heterocycles. The molecule has 0 aromatic carbocycles. The van der Waals surface area contributed by atoms with Gasteiger partial charge in [-0.3, -0.25) is 0 Å². The van der Waals surface area contributed by atoms with E-state index in [1.807, 2.05) is 0 Å². The third-order valence-electron chi connectivity index (χ3n) is 1.71. The number of hydrogen-bond donors (Lipinski definition) is 3. The van der Waals surface area contributed by atoms with E-state index < -0.39 is 17.7 Å². The summed E-state index contributed by atoms with van der Waals surface area (Å²) in [4.78, 5) is 10.5. The molecule has 3 N–H and O–H groups in total. The Kier molecular flexibility index (Phi) is 2.66. The first-order chi connectivity index (χ1) is 5.51. The van der Waals surface area contributed by atoms with Crippen molar-refractivity contribution in [3.05, 3.63) is 0 Å². The second kappa shape index (κ2) is 3.38. The number of rotatable bonds is 1. The number of carboxylic acid groups (broad SMARTS) is 1. The van der Waals surface area contributed by atoms with E-state index in [4.69, 9.17) is 9.84 Å². The predicted octanol–water partition coefficient (Wildman–Crippen LogP) is -1.19. The van der Waals surface area contributed by atoms with Gasteiger partial charge in [0.2, 0.25) is 0 Å². The summed E-state index contributed by atoms with van der Waals surface area (Å²) in [5.41, 5.74) is -0.968. The molecule has 1 saturated heterocycles. The van der Waals surface area contributed by atoms with E-state index in [0.29, 0.717) is 6.54 Å². The molecule has 0 bridgehead atoms. The summed E-state index contributed by atoms with van der Waals surface area (Å²) in [6.07, 6.45) is -0.848. The van der Waals surface area contributed by atoms with E-state index in [9.17, 15) is 9.90 Å². The Morgan fingerprint density at radius 3 is 3.00 bits per heavy atom. The van der Waals surface area contributed by atoms with Crippen LogP contribution in [0.2, 0.25) is 0 Å². The number of nitrogens with one attached hydrogen (secondary N) is 1. The van der Waals surface area contributed by atoms with Crippen LogP contribution in [0, 0.1) is 0 Å². The Labute approximate surface area is 70.3 Å². The number of ether oxygens (including phenoxy) is 1. The minimum atomic E-state index is -1.000. The topological polar surface area (TPSA) is 78.8 Å². The van der Waals surface area contributed by atoms with Gasteiger partial charge in [0.05, 0.1) is 12.2 Å². The molecule has 0 saturated carbocycles. The molecular weight excluding hydrogens is 162 g/mol. The highest BCUT2D eigenvalue weighted by atomic mass is 16.5. The summed E-state index contributed by atoms with van der Waals surface area (Å²) in [5.74, 6) is -1.000. The number of carbonyl (C=O) groups is 1. The van der Waals surface area contributed by atoms with Gasteiger partial charge in [0.1, 0.15) is 0 Å². The van der Waals surface area contributed by atoms with E-state index in [2.05, 4.69) is 5.32 Å². The van der Waals surface area contributed by atoms with Crippen molar-refractivity contribution in [3.63, 3.8) is 0 Å². The third kappa shape index (κ3) is 2.44. The maximum absolute atomic E-state index is 10.5. The van der Waals surface area contributed by atoms with Crippen LogP contribution in [-0.2, 0) is 9.53 Å². The number of carboxylic acids is 1. The fraction of sp³-hybridized carbons (Fsp3) is 0.857. The monoisotopic (exact) mass is 175 g/mol. The van der Waals surface area contributed by atoms with Crippen LogP contribution in [0.1, 0.15) is 6.92 Å². The molecule has 0 unspecified atom stereocenters. The van der Waals surface area contributed by atoms with E-state index >= 15 is 0 Å². The van der Waals surface area contributed by atoms with Gasteiger partial charge in [-0.1, -0.05) is 0 Å². The molecule has 12 heavy (non-hydrogen) atoms. The summed E-state index contributed by atoms with van der Waals surface area (Å²) in [6, 6.07) is 0. The summed E-state index contributed by atoms with van der Waals surface area (Å²) in [6.45, 7) is 2.25. The lowest BCUT2D eigenvalue weighted by molar-refractivity contribution is -0.152. The fourth-order valence-electron chi connectivity index (χ4n) is 1.02. The third-order valence-corrected chi connectivity index (χ3v) is 1.71. The average molecular weight is 175 g/mol. The van der Waals surface area contributed by atoms with E-state index in [-0.39, 0.29) is 13.2 Å². The zero-order valence-corrected chi connectivity index (χ0v) is 6.91. The van der Waals surface area contributed by atoms with Gasteiger partial charge in [0, 0.05) is 13.1 Å². The molecule has 1 rings (SSSR count). The zero-order chi connectivity index (χ0) is 9.19. The van der Waals surface area contributed by atoms with Gasteiger partial charge in [0.15, 0.2) is 6.10 Å². The van der Waals surface area contributed by atoms with Gasteiger partial charge in [0.25, 0.3) is 0 Å². The molecule has 0 radical (unpaired) electrons. The molecule has 70 valence electrons. The molecule has 1 fully saturated rings. The molecule has 5 nitrogen and oxygen atoms in total. The first-order valence-corrected chi connectivity index (χ1v) is 3.79. The molecule has 5 heteroatoms. The molecule has 0 spiro atoms.